The van der Waals surface area contributed by atoms with Crippen LogP contribution < -0.4 is 16.0 Å². The number of hydrogen-bond acceptors (Lipinski definition) is 5. The van der Waals surface area contributed by atoms with Crippen molar-refractivity contribution in [2.75, 3.05) is 17.3 Å². The van der Waals surface area contributed by atoms with Crippen LogP contribution in [0.5, 0.6) is 0 Å². The second kappa shape index (κ2) is 11.7. The molecule has 1 aromatic rings. The molecule has 0 aliphatic carbocycles. The Morgan fingerprint density at radius 3 is 2.21 bits per heavy atom. The molecule has 1 aromatic carbocycles. The van der Waals surface area contributed by atoms with Crippen LogP contribution in [0.1, 0.15) is 46.6 Å². The zero-order valence-electron chi connectivity index (χ0n) is 18.1. The van der Waals surface area contributed by atoms with E-state index < -0.39 is 17.7 Å². The largest absolute Gasteiger partial charge is 0.444 e. The van der Waals surface area contributed by atoms with E-state index in [0.29, 0.717) is 18.7 Å². The van der Waals surface area contributed by atoms with Crippen LogP contribution in [0.3, 0.4) is 0 Å². The Labute approximate surface area is 177 Å². The Balaban J connectivity index is 2.63. The smallest absolute Gasteiger partial charge is 0.408 e. The van der Waals surface area contributed by atoms with Crippen LogP contribution in [-0.4, -0.2) is 41.6 Å². The van der Waals surface area contributed by atoms with Crippen molar-refractivity contribution in [2.45, 2.75) is 59.2 Å². The van der Waals surface area contributed by atoms with Crippen LogP contribution >= 0.6 is 11.8 Å². The molecule has 0 aliphatic heterocycles. The van der Waals surface area contributed by atoms with Gasteiger partial charge in [-0.3, -0.25) is 9.59 Å². The van der Waals surface area contributed by atoms with Gasteiger partial charge in [-0.05, 0) is 56.9 Å². The molecule has 8 heteroatoms. The van der Waals surface area contributed by atoms with Gasteiger partial charge >= 0.3 is 6.09 Å². The number of carbonyl (C=O) groups is 3. The standard InChI is InChI=1S/C21H33N3O4S/c1-14(2)18(25)23-16-9-7-15(8-10-16)13-22-19(26)17(11-12-29-6)24-20(27)28-21(3,4)5/h7-10,14,17H,11-13H2,1-6H3,(H,22,26)(H,23,25)(H,24,27)/t17-/m1/s1. The maximum atomic E-state index is 12.6. The van der Waals surface area contributed by atoms with E-state index in [1.165, 1.54) is 0 Å². The van der Waals surface area contributed by atoms with Crippen LogP contribution in [0.25, 0.3) is 0 Å². The average Bonchev–Trinajstić information content (AvgIpc) is 2.62. The first-order chi connectivity index (χ1) is 13.5. The van der Waals surface area contributed by atoms with Crippen molar-refractivity contribution >= 4 is 35.4 Å². The third kappa shape index (κ3) is 10.2. The minimum atomic E-state index is -0.665. The van der Waals surface area contributed by atoms with Gasteiger partial charge in [0.25, 0.3) is 0 Å². The Hall–Kier alpha value is -2.22. The number of rotatable bonds is 9. The van der Waals surface area contributed by atoms with Gasteiger partial charge in [0.05, 0.1) is 0 Å². The molecule has 1 atom stereocenters. The molecule has 0 aliphatic rings. The molecular weight excluding hydrogens is 390 g/mol. The van der Waals surface area contributed by atoms with E-state index in [1.54, 1.807) is 44.7 Å². The van der Waals surface area contributed by atoms with E-state index in [-0.39, 0.29) is 17.7 Å². The van der Waals surface area contributed by atoms with Gasteiger partial charge in [0.1, 0.15) is 11.6 Å². The van der Waals surface area contributed by atoms with Crippen molar-refractivity contribution in [3.05, 3.63) is 29.8 Å². The quantitative estimate of drug-likeness (QED) is 0.564. The Bertz CT molecular complexity index is 684. The summed E-state index contributed by atoms with van der Waals surface area (Å²) in [6.45, 7) is 9.31. The van der Waals surface area contributed by atoms with Crippen LogP contribution in [0, 0.1) is 5.92 Å². The predicted octanol–water partition coefficient (Wildman–Crippen LogP) is 3.54. The molecule has 0 heterocycles. The van der Waals surface area contributed by atoms with Gasteiger partial charge in [0, 0.05) is 18.2 Å². The summed E-state index contributed by atoms with van der Waals surface area (Å²) in [6, 6.07) is 6.61. The van der Waals surface area contributed by atoms with Crippen LogP contribution in [0.4, 0.5) is 10.5 Å². The van der Waals surface area contributed by atoms with E-state index in [2.05, 4.69) is 16.0 Å². The normalized spacial score (nSPS) is 12.2. The molecule has 29 heavy (non-hydrogen) atoms. The van der Waals surface area contributed by atoms with Gasteiger partial charge in [-0.2, -0.15) is 11.8 Å². The summed E-state index contributed by atoms with van der Waals surface area (Å²) in [6.07, 6.45) is 1.85. The van der Waals surface area contributed by atoms with Gasteiger partial charge in [0.15, 0.2) is 0 Å². The molecule has 0 spiro atoms. The SMILES string of the molecule is CSCC[C@@H](NC(=O)OC(C)(C)C)C(=O)NCc1ccc(NC(=O)C(C)C)cc1. The lowest BCUT2D eigenvalue weighted by Crippen LogP contribution is -2.48. The third-order valence-corrected chi connectivity index (χ3v) is 4.47. The highest BCUT2D eigenvalue weighted by atomic mass is 32.2. The van der Waals surface area contributed by atoms with Gasteiger partial charge in [0.2, 0.25) is 11.8 Å². The van der Waals surface area contributed by atoms with Crippen LogP contribution in [0.15, 0.2) is 24.3 Å². The van der Waals surface area contributed by atoms with E-state index in [0.717, 1.165) is 11.3 Å². The summed E-state index contributed by atoms with van der Waals surface area (Å²) in [7, 11) is 0. The van der Waals surface area contributed by atoms with Crippen LogP contribution in [0.2, 0.25) is 0 Å². The first kappa shape index (κ1) is 24.8. The minimum absolute atomic E-state index is 0.0455. The molecule has 3 amide bonds. The molecule has 7 nitrogen and oxygen atoms in total. The van der Waals surface area contributed by atoms with E-state index >= 15 is 0 Å². The molecule has 0 unspecified atom stereocenters. The highest BCUT2D eigenvalue weighted by Crippen LogP contribution is 2.12. The Kier molecular flexibility index (Phi) is 10.0. The van der Waals surface area contributed by atoms with Crippen molar-refractivity contribution in [3.8, 4) is 0 Å². The fourth-order valence-corrected chi connectivity index (χ4v) is 2.73. The summed E-state index contributed by atoms with van der Waals surface area (Å²) >= 11 is 1.60. The van der Waals surface area contributed by atoms with Gasteiger partial charge < -0.3 is 20.7 Å². The first-order valence-electron chi connectivity index (χ1n) is 9.67. The zero-order valence-corrected chi connectivity index (χ0v) is 18.9. The number of ether oxygens (including phenoxy) is 1. The molecular formula is C21H33N3O4S. The second-order valence-corrected chi connectivity index (χ2v) is 9.02. The van der Waals surface area contributed by atoms with Gasteiger partial charge in [-0.1, -0.05) is 26.0 Å². The topological polar surface area (TPSA) is 96.5 Å². The number of amides is 3. The summed E-state index contributed by atoms with van der Waals surface area (Å²) in [5, 5.41) is 8.33. The lowest BCUT2D eigenvalue weighted by molar-refractivity contribution is -0.123. The van der Waals surface area contributed by atoms with Gasteiger partial charge in [-0.15, -0.1) is 0 Å². The number of carbonyl (C=O) groups excluding carboxylic acids is 3. The van der Waals surface area contributed by atoms with Crippen molar-refractivity contribution in [1.29, 1.82) is 0 Å². The lowest BCUT2D eigenvalue weighted by atomic mass is 10.1. The molecule has 3 N–H and O–H groups in total. The summed E-state index contributed by atoms with van der Waals surface area (Å²) < 4.78 is 5.25. The van der Waals surface area contributed by atoms with Crippen molar-refractivity contribution in [2.24, 2.45) is 5.92 Å². The maximum Gasteiger partial charge on any atom is 0.408 e. The molecule has 0 bridgehead atoms. The number of nitrogens with one attached hydrogen (secondary N) is 3. The van der Waals surface area contributed by atoms with E-state index in [1.807, 2.05) is 32.2 Å². The number of benzene rings is 1. The molecule has 1 rings (SSSR count). The highest BCUT2D eigenvalue weighted by molar-refractivity contribution is 7.98. The monoisotopic (exact) mass is 423 g/mol. The number of thioether (sulfide) groups is 1. The average molecular weight is 424 g/mol. The minimum Gasteiger partial charge on any atom is -0.444 e. The molecule has 0 saturated carbocycles. The number of alkyl carbamates (subject to hydrolysis) is 1. The van der Waals surface area contributed by atoms with E-state index in [9.17, 15) is 14.4 Å². The number of anilines is 1. The number of hydrogen-bond donors (Lipinski definition) is 3. The first-order valence-corrected chi connectivity index (χ1v) is 11.1. The zero-order chi connectivity index (χ0) is 22.0. The van der Waals surface area contributed by atoms with Crippen molar-refractivity contribution in [1.82, 2.24) is 10.6 Å². The molecule has 0 fully saturated rings. The van der Waals surface area contributed by atoms with Gasteiger partial charge in [-0.25, -0.2) is 4.79 Å². The van der Waals surface area contributed by atoms with Crippen LogP contribution in [-0.2, 0) is 20.9 Å². The molecule has 0 saturated heterocycles. The highest BCUT2D eigenvalue weighted by Gasteiger charge is 2.23. The molecule has 0 radical (unpaired) electrons. The lowest BCUT2D eigenvalue weighted by Gasteiger charge is -2.23. The summed E-state index contributed by atoms with van der Waals surface area (Å²) in [5.41, 5.74) is 0.974. The summed E-state index contributed by atoms with van der Waals surface area (Å²) in [4.78, 5) is 36.3. The fourth-order valence-electron chi connectivity index (χ4n) is 2.26. The summed E-state index contributed by atoms with van der Waals surface area (Å²) in [5.74, 6) is 0.334. The fraction of sp³-hybridized carbons (Fsp3) is 0.571. The van der Waals surface area contributed by atoms with Crippen molar-refractivity contribution < 1.29 is 19.1 Å². The second-order valence-electron chi connectivity index (χ2n) is 8.04. The Morgan fingerprint density at radius 2 is 1.69 bits per heavy atom. The molecule has 0 aromatic heterocycles. The van der Waals surface area contributed by atoms with Crippen molar-refractivity contribution in [3.63, 3.8) is 0 Å². The molecule has 162 valence electrons. The van der Waals surface area contributed by atoms with E-state index in [4.69, 9.17) is 4.74 Å². The predicted molar refractivity (Wildman–Crippen MR) is 118 cm³/mol. The third-order valence-electron chi connectivity index (χ3n) is 3.83. The maximum absolute atomic E-state index is 12.6. The Morgan fingerprint density at radius 1 is 1.07 bits per heavy atom.